The van der Waals surface area contributed by atoms with Crippen LogP contribution in [0.2, 0.25) is 0 Å². The molecule has 4 nitrogen and oxygen atoms in total. The zero-order chi connectivity index (χ0) is 9.68. The number of hydrogen-bond donors (Lipinski definition) is 1. The number of ketones is 1. The maximum absolute atomic E-state index is 10.8. The molecule has 4 heteroatoms. The Labute approximate surface area is 79.1 Å². The highest BCUT2D eigenvalue weighted by Crippen LogP contribution is 2.00. The number of aliphatic hydroxyl groups is 1. The normalized spacial score (nSPS) is 20.5. The molecule has 1 saturated heterocycles. The summed E-state index contributed by atoms with van der Waals surface area (Å²) in [6.07, 6.45) is 0. The molecule has 1 aliphatic rings. The van der Waals surface area contributed by atoms with E-state index in [1.807, 2.05) is 0 Å². The lowest BCUT2D eigenvalue weighted by atomic mass is 10.3. The van der Waals surface area contributed by atoms with E-state index >= 15 is 0 Å². The molecule has 0 radical (unpaired) electrons. The Morgan fingerprint density at radius 2 is 1.77 bits per heavy atom. The Kier molecular flexibility index (Phi) is 4.35. The number of carbonyl (C=O) groups excluding carboxylic acids is 1. The topological polar surface area (TPSA) is 43.8 Å². The van der Waals surface area contributed by atoms with E-state index in [9.17, 15) is 4.79 Å². The van der Waals surface area contributed by atoms with Gasteiger partial charge in [0.15, 0.2) is 0 Å². The summed E-state index contributed by atoms with van der Waals surface area (Å²) in [5, 5.41) is 8.72. The second-order valence-corrected chi connectivity index (χ2v) is 3.54. The lowest BCUT2D eigenvalue weighted by molar-refractivity contribution is -0.118. The van der Waals surface area contributed by atoms with Gasteiger partial charge in [0, 0.05) is 32.7 Å². The fraction of sp³-hybridized carbons (Fsp3) is 0.889. The molecule has 1 aliphatic heterocycles. The first-order chi connectivity index (χ1) is 6.22. The molecule has 0 unspecified atom stereocenters. The number of carbonyl (C=O) groups is 1. The molecule has 76 valence electrons. The monoisotopic (exact) mass is 186 g/mol. The van der Waals surface area contributed by atoms with Crippen LogP contribution in [0, 0.1) is 0 Å². The van der Waals surface area contributed by atoms with Crippen LogP contribution in [-0.2, 0) is 4.79 Å². The molecule has 0 amide bonds. The van der Waals surface area contributed by atoms with Crippen molar-refractivity contribution in [2.24, 2.45) is 0 Å². The Morgan fingerprint density at radius 3 is 2.23 bits per heavy atom. The molecule has 0 aromatic heterocycles. The molecule has 1 heterocycles. The molecule has 1 fully saturated rings. The first-order valence-corrected chi connectivity index (χ1v) is 4.77. The average Bonchev–Trinajstić information content (AvgIpc) is 2.08. The van der Waals surface area contributed by atoms with Crippen LogP contribution in [0.4, 0.5) is 0 Å². The lowest BCUT2D eigenvalue weighted by Crippen LogP contribution is -2.48. The predicted molar refractivity (Wildman–Crippen MR) is 50.6 cm³/mol. The van der Waals surface area contributed by atoms with Gasteiger partial charge in [-0.05, 0) is 6.92 Å². The Morgan fingerprint density at radius 1 is 1.23 bits per heavy atom. The number of rotatable bonds is 4. The molecular formula is C9H18N2O2. The van der Waals surface area contributed by atoms with E-state index in [0.717, 1.165) is 32.7 Å². The van der Waals surface area contributed by atoms with E-state index in [2.05, 4.69) is 9.80 Å². The molecule has 0 aromatic carbocycles. The van der Waals surface area contributed by atoms with Crippen LogP contribution < -0.4 is 0 Å². The van der Waals surface area contributed by atoms with E-state index in [-0.39, 0.29) is 12.4 Å². The SMILES string of the molecule is CC(=O)CN1CCN(CCO)CC1. The van der Waals surface area contributed by atoms with Crippen molar-refractivity contribution in [3.05, 3.63) is 0 Å². The van der Waals surface area contributed by atoms with Gasteiger partial charge in [0.2, 0.25) is 0 Å². The van der Waals surface area contributed by atoms with Gasteiger partial charge in [0.25, 0.3) is 0 Å². The molecule has 0 spiro atoms. The van der Waals surface area contributed by atoms with Crippen LogP contribution in [0.3, 0.4) is 0 Å². The van der Waals surface area contributed by atoms with Gasteiger partial charge in [-0.1, -0.05) is 0 Å². The van der Waals surface area contributed by atoms with Gasteiger partial charge < -0.3 is 5.11 Å². The molecule has 0 bridgehead atoms. The van der Waals surface area contributed by atoms with E-state index in [0.29, 0.717) is 6.54 Å². The highest BCUT2D eigenvalue weighted by atomic mass is 16.3. The maximum atomic E-state index is 10.8. The van der Waals surface area contributed by atoms with Crippen molar-refractivity contribution in [1.82, 2.24) is 9.80 Å². The third-order valence-electron chi connectivity index (χ3n) is 2.33. The fourth-order valence-corrected chi connectivity index (χ4v) is 1.63. The summed E-state index contributed by atoms with van der Waals surface area (Å²) in [6, 6.07) is 0. The van der Waals surface area contributed by atoms with Crippen molar-refractivity contribution >= 4 is 5.78 Å². The first-order valence-electron chi connectivity index (χ1n) is 4.77. The number of β-amino-alcohol motifs (C(OH)–C–C–N with tert-alkyl or cyclic N) is 1. The Balaban J connectivity index is 2.18. The minimum Gasteiger partial charge on any atom is -0.395 e. The number of hydrogen-bond acceptors (Lipinski definition) is 4. The highest BCUT2D eigenvalue weighted by Gasteiger charge is 2.16. The summed E-state index contributed by atoms with van der Waals surface area (Å²) in [4.78, 5) is 15.2. The molecular weight excluding hydrogens is 168 g/mol. The molecule has 1 N–H and O–H groups in total. The molecule has 0 aliphatic carbocycles. The van der Waals surface area contributed by atoms with Gasteiger partial charge in [-0.15, -0.1) is 0 Å². The van der Waals surface area contributed by atoms with E-state index in [1.54, 1.807) is 6.92 Å². The largest absolute Gasteiger partial charge is 0.395 e. The van der Waals surface area contributed by atoms with Crippen molar-refractivity contribution in [3.63, 3.8) is 0 Å². The van der Waals surface area contributed by atoms with Crippen LogP contribution >= 0.6 is 0 Å². The van der Waals surface area contributed by atoms with E-state index < -0.39 is 0 Å². The zero-order valence-corrected chi connectivity index (χ0v) is 8.20. The number of aliphatic hydroxyl groups excluding tert-OH is 1. The highest BCUT2D eigenvalue weighted by molar-refractivity contribution is 5.77. The standard InChI is InChI=1S/C9H18N2O2/c1-9(13)8-11-4-2-10(3-5-11)6-7-12/h12H,2-8H2,1H3. The second kappa shape index (κ2) is 5.32. The van der Waals surface area contributed by atoms with Gasteiger partial charge in [-0.3, -0.25) is 14.6 Å². The van der Waals surface area contributed by atoms with Crippen LogP contribution in [0.15, 0.2) is 0 Å². The first kappa shape index (κ1) is 10.6. The van der Waals surface area contributed by atoms with Gasteiger partial charge >= 0.3 is 0 Å². The molecule has 0 saturated carbocycles. The quantitative estimate of drug-likeness (QED) is 0.623. The molecule has 13 heavy (non-hydrogen) atoms. The van der Waals surface area contributed by atoms with E-state index in [4.69, 9.17) is 5.11 Å². The molecule has 0 atom stereocenters. The van der Waals surface area contributed by atoms with Gasteiger partial charge in [-0.2, -0.15) is 0 Å². The number of Topliss-reactive ketones (excluding diaryl/α,β-unsaturated/α-hetero) is 1. The van der Waals surface area contributed by atoms with Crippen molar-refractivity contribution in [1.29, 1.82) is 0 Å². The average molecular weight is 186 g/mol. The summed E-state index contributed by atoms with van der Waals surface area (Å²) in [5.41, 5.74) is 0. The maximum Gasteiger partial charge on any atom is 0.143 e. The van der Waals surface area contributed by atoms with Gasteiger partial charge in [0.1, 0.15) is 5.78 Å². The fourth-order valence-electron chi connectivity index (χ4n) is 1.63. The second-order valence-electron chi connectivity index (χ2n) is 3.54. The summed E-state index contributed by atoms with van der Waals surface area (Å²) >= 11 is 0. The minimum atomic E-state index is 0.229. The van der Waals surface area contributed by atoms with Crippen molar-refractivity contribution < 1.29 is 9.90 Å². The summed E-state index contributed by atoms with van der Waals surface area (Å²) in [6.45, 7) is 7.01. The smallest absolute Gasteiger partial charge is 0.143 e. The Hall–Kier alpha value is -0.450. The van der Waals surface area contributed by atoms with E-state index in [1.165, 1.54) is 0 Å². The summed E-state index contributed by atoms with van der Waals surface area (Å²) in [7, 11) is 0. The molecule has 1 rings (SSSR count). The summed E-state index contributed by atoms with van der Waals surface area (Å²) < 4.78 is 0. The number of nitrogens with zero attached hydrogens (tertiary/aromatic N) is 2. The number of piperazine rings is 1. The van der Waals surface area contributed by atoms with Gasteiger partial charge in [0.05, 0.1) is 13.2 Å². The van der Waals surface area contributed by atoms with Gasteiger partial charge in [-0.25, -0.2) is 0 Å². The summed E-state index contributed by atoms with van der Waals surface area (Å²) in [5.74, 6) is 0.232. The predicted octanol–water partition coefficient (Wildman–Crippen LogP) is -0.815. The van der Waals surface area contributed by atoms with Crippen molar-refractivity contribution in [2.75, 3.05) is 45.9 Å². The zero-order valence-electron chi connectivity index (χ0n) is 8.20. The third-order valence-corrected chi connectivity index (χ3v) is 2.33. The van der Waals surface area contributed by atoms with Crippen molar-refractivity contribution in [3.8, 4) is 0 Å². The minimum absolute atomic E-state index is 0.229. The third kappa shape index (κ3) is 3.85. The van der Waals surface area contributed by atoms with Crippen molar-refractivity contribution in [2.45, 2.75) is 6.92 Å². The van der Waals surface area contributed by atoms with Crippen LogP contribution in [0.1, 0.15) is 6.92 Å². The van der Waals surface area contributed by atoms with Crippen LogP contribution in [0.5, 0.6) is 0 Å². The molecule has 0 aromatic rings. The van der Waals surface area contributed by atoms with Crippen LogP contribution in [-0.4, -0.2) is 66.6 Å². The van der Waals surface area contributed by atoms with Crippen LogP contribution in [0.25, 0.3) is 0 Å². The lowest BCUT2D eigenvalue weighted by Gasteiger charge is -2.33. The Bertz CT molecular complexity index is 165.